The summed E-state index contributed by atoms with van der Waals surface area (Å²) >= 11 is 0. The minimum atomic E-state index is -0.954. The van der Waals surface area contributed by atoms with Gasteiger partial charge >= 0.3 is 23.9 Å². The normalized spacial score (nSPS) is 10.7. The molecule has 1 rings (SSSR count). The van der Waals surface area contributed by atoms with Crippen LogP contribution in [-0.4, -0.2) is 50.3 Å². The van der Waals surface area contributed by atoms with Crippen molar-refractivity contribution in [3.05, 3.63) is 35.4 Å². The highest BCUT2D eigenvalue weighted by Gasteiger charge is 2.30. The lowest BCUT2D eigenvalue weighted by Gasteiger charge is -2.15. The molecule has 0 aromatic heterocycles. The summed E-state index contributed by atoms with van der Waals surface area (Å²) in [6.07, 6.45) is 1.56. The van der Waals surface area contributed by atoms with Crippen molar-refractivity contribution >= 4 is 23.9 Å². The molecule has 0 atom stereocenters. The van der Waals surface area contributed by atoms with Crippen LogP contribution in [0.25, 0.3) is 0 Å². The monoisotopic (exact) mass is 450 g/mol. The molecule has 0 radical (unpaired) electrons. The number of rotatable bonds is 14. The molecule has 0 heterocycles. The van der Waals surface area contributed by atoms with Gasteiger partial charge in [0, 0.05) is 0 Å². The average molecular weight is 451 g/mol. The summed E-state index contributed by atoms with van der Waals surface area (Å²) in [7, 11) is 0. The third kappa shape index (κ3) is 9.08. The van der Waals surface area contributed by atoms with Crippen molar-refractivity contribution in [2.45, 2.75) is 53.4 Å². The van der Waals surface area contributed by atoms with Crippen molar-refractivity contribution in [1.82, 2.24) is 0 Å². The fourth-order valence-electron chi connectivity index (χ4n) is 3.13. The third-order valence-corrected chi connectivity index (χ3v) is 4.75. The average Bonchev–Trinajstić information content (AvgIpc) is 2.76. The molecule has 0 N–H and O–H groups in total. The number of hydrogen-bond acceptors (Lipinski definition) is 8. The van der Waals surface area contributed by atoms with Gasteiger partial charge in [-0.15, -0.1) is 0 Å². The molecule has 0 bridgehead atoms. The third-order valence-electron chi connectivity index (χ3n) is 4.75. The van der Waals surface area contributed by atoms with Gasteiger partial charge in [-0.1, -0.05) is 24.3 Å². The Morgan fingerprint density at radius 2 is 0.812 bits per heavy atom. The van der Waals surface area contributed by atoms with E-state index < -0.39 is 35.7 Å². The molecule has 1 aromatic rings. The van der Waals surface area contributed by atoms with Gasteiger partial charge in [0.05, 0.1) is 26.4 Å². The number of ether oxygens (including phenoxy) is 4. The summed E-state index contributed by atoms with van der Waals surface area (Å²) in [4.78, 5) is 48.4. The lowest BCUT2D eigenvalue weighted by atomic mass is 9.96. The molecule has 0 spiro atoms. The molecule has 0 aliphatic carbocycles. The zero-order chi connectivity index (χ0) is 23.9. The van der Waals surface area contributed by atoms with E-state index >= 15 is 0 Å². The minimum Gasteiger partial charge on any atom is -0.465 e. The minimum absolute atomic E-state index is 0.196. The van der Waals surface area contributed by atoms with Crippen LogP contribution in [0.5, 0.6) is 0 Å². The molecule has 0 unspecified atom stereocenters. The summed E-state index contributed by atoms with van der Waals surface area (Å²) in [5.74, 6) is -4.22. The molecular formula is C24H34O8. The Morgan fingerprint density at radius 1 is 0.562 bits per heavy atom. The van der Waals surface area contributed by atoms with Crippen LogP contribution >= 0.6 is 0 Å². The van der Waals surface area contributed by atoms with Gasteiger partial charge in [-0.3, -0.25) is 19.2 Å². The van der Waals surface area contributed by atoms with Gasteiger partial charge in [-0.2, -0.15) is 0 Å². The number of aryl methyl sites for hydroxylation is 2. The molecule has 0 saturated heterocycles. The second-order valence-electron chi connectivity index (χ2n) is 7.01. The Bertz CT molecular complexity index is 642. The number of hydrogen-bond donors (Lipinski definition) is 0. The van der Waals surface area contributed by atoms with Crippen molar-refractivity contribution in [2.24, 2.45) is 11.8 Å². The van der Waals surface area contributed by atoms with Gasteiger partial charge < -0.3 is 18.9 Å². The molecular weight excluding hydrogens is 416 g/mol. The van der Waals surface area contributed by atoms with Crippen molar-refractivity contribution in [2.75, 3.05) is 26.4 Å². The van der Waals surface area contributed by atoms with E-state index in [1.54, 1.807) is 27.7 Å². The lowest BCUT2D eigenvalue weighted by molar-refractivity contribution is -0.163. The van der Waals surface area contributed by atoms with E-state index in [-0.39, 0.29) is 39.3 Å². The van der Waals surface area contributed by atoms with Crippen LogP contribution in [0, 0.1) is 11.8 Å². The standard InChI is InChI=1S/C24H34O8/c1-5-29-21(25)19(22(26)30-6-2)15-13-17-9-11-18(12-10-17)14-16-20(23(27)31-7-3)24(28)32-8-4/h9-12,19-20H,5-8,13-16H2,1-4H3. The zero-order valence-electron chi connectivity index (χ0n) is 19.4. The highest BCUT2D eigenvalue weighted by Crippen LogP contribution is 2.17. The first-order valence-electron chi connectivity index (χ1n) is 11.1. The highest BCUT2D eigenvalue weighted by atomic mass is 16.6. The van der Waals surface area contributed by atoms with Crippen LogP contribution in [0.3, 0.4) is 0 Å². The first kappa shape index (κ1) is 27.1. The van der Waals surface area contributed by atoms with Crippen molar-refractivity contribution in [1.29, 1.82) is 0 Å². The van der Waals surface area contributed by atoms with Crippen LogP contribution in [0.2, 0.25) is 0 Å². The van der Waals surface area contributed by atoms with E-state index in [0.717, 1.165) is 11.1 Å². The van der Waals surface area contributed by atoms with Crippen LogP contribution in [0.1, 0.15) is 51.7 Å². The maximum absolute atomic E-state index is 12.1. The van der Waals surface area contributed by atoms with Crippen LogP contribution in [0.15, 0.2) is 24.3 Å². The predicted octanol–water partition coefficient (Wildman–Crippen LogP) is 3.04. The maximum atomic E-state index is 12.1. The molecule has 32 heavy (non-hydrogen) atoms. The topological polar surface area (TPSA) is 105 Å². The summed E-state index contributed by atoms with van der Waals surface area (Å²) in [6, 6.07) is 7.58. The van der Waals surface area contributed by atoms with Gasteiger partial charge in [-0.05, 0) is 64.5 Å². The van der Waals surface area contributed by atoms with Crippen LogP contribution < -0.4 is 0 Å². The highest BCUT2D eigenvalue weighted by molar-refractivity contribution is 5.95. The molecule has 8 heteroatoms. The maximum Gasteiger partial charge on any atom is 0.320 e. The number of carbonyl (C=O) groups is 4. The number of carbonyl (C=O) groups excluding carboxylic acids is 4. The molecule has 0 saturated carbocycles. The summed E-state index contributed by atoms with van der Waals surface area (Å²) in [6.45, 7) is 7.54. The van der Waals surface area contributed by atoms with E-state index in [4.69, 9.17) is 18.9 Å². The fraction of sp³-hybridized carbons (Fsp3) is 0.583. The van der Waals surface area contributed by atoms with Gasteiger partial charge in [-0.25, -0.2) is 0 Å². The van der Waals surface area contributed by atoms with Crippen LogP contribution in [-0.2, 0) is 51.0 Å². The Morgan fingerprint density at radius 3 is 1.03 bits per heavy atom. The molecule has 1 aromatic carbocycles. The van der Waals surface area contributed by atoms with E-state index in [9.17, 15) is 19.2 Å². The summed E-state index contributed by atoms with van der Waals surface area (Å²) in [5.41, 5.74) is 1.89. The van der Waals surface area contributed by atoms with Crippen molar-refractivity contribution in [3.8, 4) is 0 Å². The van der Waals surface area contributed by atoms with E-state index in [1.807, 2.05) is 24.3 Å². The van der Waals surface area contributed by atoms with Crippen LogP contribution in [0.4, 0.5) is 0 Å². The number of benzene rings is 1. The van der Waals surface area contributed by atoms with Gasteiger partial charge in [0.1, 0.15) is 0 Å². The van der Waals surface area contributed by atoms with E-state index in [2.05, 4.69) is 0 Å². The molecule has 0 fully saturated rings. The van der Waals surface area contributed by atoms with Gasteiger partial charge in [0.15, 0.2) is 11.8 Å². The second kappa shape index (κ2) is 15.0. The second-order valence-corrected chi connectivity index (χ2v) is 7.01. The van der Waals surface area contributed by atoms with Crippen molar-refractivity contribution in [3.63, 3.8) is 0 Å². The largest absolute Gasteiger partial charge is 0.465 e. The Kier molecular flexibility index (Phi) is 12.7. The molecule has 0 aliphatic heterocycles. The van der Waals surface area contributed by atoms with Gasteiger partial charge in [0.2, 0.25) is 0 Å². The summed E-state index contributed by atoms with van der Waals surface area (Å²) < 4.78 is 20.0. The van der Waals surface area contributed by atoms with E-state index in [0.29, 0.717) is 12.8 Å². The quantitative estimate of drug-likeness (QED) is 0.242. The molecule has 0 amide bonds. The van der Waals surface area contributed by atoms with Gasteiger partial charge in [0.25, 0.3) is 0 Å². The SMILES string of the molecule is CCOC(=O)C(CCc1ccc(CCC(C(=O)OCC)C(=O)OCC)cc1)C(=O)OCC. The first-order chi connectivity index (χ1) is 15.4. The zero-order valence-corrected chi connectivity index (χ0v) is 19.4. The summed E-state index contributed by atoms with van der Waals surface area (Å²) in [5, 5.41) is 0. The van der Waals surface area contributed by atoms with Crippen molar-refractivity contribution < 1.29 is 38.1 Å². The first-order valence-corrected chi connectivity index (χ1v) is 11.1. The number of esters is 4. The Balaban J connectivity index is 2.72. The predicted molar refractivity (Wildman–Crippen MR) is 117 cm³/mol. The molecule has 8 nitrogen and oxygen atoms in total. The smallest absolute Gasteiger partial charge is 0.320 e. The van der Waals surface area contributed by atoms with E-state index in [1.165, 1.54) is 0 Å². The molecule has 178 valence electrons. The Labute approximate surface area is 189 Å². The fourth-order valence-corrected chi connectivity index (χ4v) is 3.13. The Hall–Kier alpha value is -2.90. The molecule has 0 aliphatic rings. The lowest BCUT2D eigenvalue weighted by Crippen LogP contribution is -2.28.